The smallest absolute Gasteiger partial charge is 0.303 e. The van der Waals surface area contributed by atoms with E-state index in [1.165, 1.54) is 19.3 Å². The highest BCUT2D eigenvalue weighted by Crippen LogP contribution is 2.10. The van der Waals surface area contributed by atoms with Gasteiger partial charge in [0.2, 0.25) is 5.91 Å². The largest absolute Gasteiger partial charge is 0.481 e. The molecule has 0 saturated heterocycles. The molecule has 1 amide bonds. The van der Waals surface area contributed by atoms with Crippen LogP contribution in [-0.2, 0) is 9.59 Å². The van der Waals surface area contributed by atoms with Crippen LogP contribution in [0, 0.1) is 0 Å². The second-order valence-electron chi connectivity index (χ2n) is 4.40. The lowest BCUT2D eigenvalue weighted by Crippen LogP contribution is -2.16. The zero-order chi connectivity index (χ0) is 12.9. The van der Waals surface area contributed by atoms with E-state index < -0.39 is 5.97 Å². The van der Waals surface area contributed by atoms with Crippen LogP contribution in [-0.4, -0.2) is 24.0 Å². The fourth-order valence-electron chi connectivity index (χ4n) is 1.75. The Hall–Kier alpha value is -1.06. The lowest BCUT2D eigenvalue weighted by atomic mass is 10.1. The molecule has 2 N–H and O–H groups in total. The molecule has 0 bridgehead atoms. The highest BCUT2D eigenvalue weighted by atomic mass is 16.4. The number of nitrogens with one attached hydrogen (secondary N) is 1. The van der Waals surface area contributed by atoms with E-state index >= 15 is 0 Å². The quantitative estimate of drug-likeness (QED) is 0.548. The standard InChI is InChI=1S/C13H25NO3/c1-14-12(15)10-8-6-4-2-3-5-7-9-11-13(16)17/h2-11H2,1H3,(H,14,15)(H,16,17). The van der Waals surface area contributed by atoms with Gasteiger partial charge in [0, 0.05) is 19.9 Å². The van der Waals surface area contributed by atoms with Gasteiger partial charge in [0.05, 0.1) is 0 Å². The molecular formula is C13H25NO3. The van der Waals surface area contributed by atoms with Gasteiger partial charge in [-0.15, -0.1) is 0 Å². The molecular weight excluding hydrogens is 218 g/mol. The zero-order valence-corrected chi connectivity index (χ0v) is 10.8. The highest BCUT2D eigenvalue weighted by molar-refractivity contribution is 5.75. The Morgan fingerprint density at radius 1 is 0.824 bits per heavy atom. The molecule has 0 atom stereocenters. The molecule has 0 rings (SSSR count). The minimum atomic E-state index is -0.695. The van der Waals surface area contributed by atoms with Gasteiger partial charge >= 0.3 is 5.97 Å². The van der Waals surface area contributed by atoms with Crippen molar-refractivity contribution in [1.82, 2.24) is 5.32 Å². The van der Waals surface area contributed by atoms with Crippen LogP contribution in [0.15, 0.2) is 0 Å². The summed E-state index contributed by atoms with van der Waals surface area (Å²) in [6, 6.07) is 0. The lowest BCUT2D eigenvalue weighted by molar-refractivity contribution is -0.137. The fourth-order valence-corrected chi connectivity index (χ4v) is 1.75. The first-order valence-electron chi connectivity index (χ1n) is 6.59. The molecule has 0 spiro atoms. The topological polar surface area (TPSA) is 66.4 Å². The Bertz CT molecular complexity index is 217. The summed E-state index contributed by atoms with van der Waals surface area (Å²) < 4.78 is 0. The molecule has 0 aromatic heterocycles. The maximum Gasteiger partial charge on any atom is 0.303 e. The molecule has 4 heteroatoms. The van der Waals surface area contributed by atoms with Gasteiger partial charge in [0.15, 0.2) is 0 Å². The van der Waals surface area contributed by atoms with Crippen LogP contribution in [0.1, 0.15) is 64.2 Å². The summed E-state index contributed by atoms with van der Waals surface area (Å²) in [5.74, 6) is -0.571. The van der Waals surface area contributed by atoms with Crippen LogP contribution in [0.4, 0.5) is 0 Å². The monoisotopic (exact) mass is 243 g/mol. The van der Waals surface area contributed by atoms with Crippen LogP contribution < -0.4 is 5.32 Å². The average Bonchev–Trinajstić information content (AvgIpc) is 2.30. The number of aliphatic carboxylic acids is 1. The third kappa shape index (κ3) is 12.9. The van der Waals surface area contributed by atoms with Crippen molar-refractivity contribution in [3.8, 4) is 0 Å². The van der Waals surface area contributed by atoms with E-state index in [4.69, 9.17) is 5.11 Å². The molecule has 0 aliphatic rings. The number of amides is 1. The summed E-state index contributed by atoms with van der Waals surface area (Å²) in [5.41, 5.74) is 0. The Balaban J connectivity index is 3.03. The van der Waals surface area contributed by atoms with E-state index in [1.54, 1.807) is 7.05 Å². The van der Waals surface area contributed by atoms with Crippen molar-refractivity contribution >= 4 is 11.9 Å². The second kappa shape index (κ2) is 11.4. The number of carboxylic acids is 1. The molecule has 0 fully saturated rings. The van der Waals surface area contributed by atoms with Crippen LogP contribution >= 0.6 is 0 Å². The van der Waals surface area contributed by atoms with Gasteiger partial charge in [0.1, 0.15) is 0 Å². The summed E-state index contributed by atoms with van der Waals surface area (Å²) in [6.07, 6.45) is 9.51. The first-order chi connectivity index (χ1) is 8.16. The Kier molecular flexibility index (Phi) is 10.7. The Labute approximate surface area is 104 Å². The van der Waals surface area contributed by atoms with Crippen molar-refractivity contribution in [2.45, 2.75) is 64.2 Å². The van der Waals surface area contributed by atoms with Crippen molar-refractivity contribution in [2.75, 3.05) is 7.05 Å². The summed E-state index contributed by atoms with van der Waals surface area (Å²) in [5, 5.41) is 11.1. The molecule has 0 aliphatic heterocycles. The number of hydrogen-bond acceptors (Lipinski definition) is 2. The molecule has 0 radical (unpaired) electrons. The first-order valence-corrected chi connectivity index (χ1v) is 6.59. The third-order valence-corrected chi connectivity index (χ3v) is 2.82. The van der Waals surface area contributed by atoms with Crippen LogP contribution in [0.2, 0.25) is 0 Å². The average molecular weight is 243 g/mol. The van der Waals surface area contributed by atoms with Gasteiger partial charge in [-0.25, -0.2) is 0 Å². The molecule has 0 saturated carbocycles. The van der Waals surface area contributed by atoms with Crippen molar-refractivity contribution < 1.29 is 14.7 Å². The fraction of sp³-hybridized carbons (Fsp3) is 0.846. The van der Waals surface area contributed by atoms with Gasteiger partial charge in [-0.1, -0.05) is 38.5 Å². The zero-order valence-electron chi connectivity index (χ0n) is 10.8. The lowest BCUT2D eigenvalue weighted by Gasteiger charge is -2.01. The molecule has 17 heavy (non-hydrogen) atoms. The van der Waals surface area contributed by atoms with Crippen LogP contribution in [0.5, 0.6) is 0 Å². The van der Waals surface area contributed by atoms with Gasteiger partial charge in [-0.2, -0.15) is 0 Å². The van der Waals surface area contributed by atoms with Crippen molar-refractivity contribution in [2.24, 2.45) is 0 Å². The minimum Gasteiger partial charge on any atom is -0.481 e. The molecule has 0 aromatic carbocycles. The summed E-state index contributed by atoms with van der Waals surface area (Å²) in [4.78, 5) is 21.2. The van der Waals surface area contributed by atoms with Crippen molar-refractivity contribution in [3.63, 3.8) is 0 Å². The number of carboxylic acid groups (broad SMARTS) is 1. The Morgan fingerprint density at radius 3 is 1.65 bits per heavy atom. The van der Waals surface area contributed by atoms with Crippen LogP contribution in [0.3, 0.4) is 0 Å². The molecule has 0 aromatic rings. The van der Waals surface area contributed by atoms with E-state index in [9.17, 15) is 9.59 Å². The SMILES string of the molecule is CNC(=O)CCCCCCCCCCC(=O)O. The summed E-state index contributed by atoms with van der Waals surface area (Å²) >= 11 is 0. The first kappa shape index (κ1) is 15.9. The summed E-state index contributed by atoms with van der Waals surface area (Å²) in [7, 11) is 1.67. The number of rotatable bonds is 11. The van der Waals surface area contributed by atoms with Crippen molar-refractivity contribution in [1.29, 1.82) is 0 Å². The van der Waals surface area contributed by atoms with E-state index in [2.05, 4.69) is 5.32 Å². The molecule has 4 nitrogen and oxygen atoms in total. The second-order valence-corrected chi connectivity index (χ2v) is 4.40. The van der Waals surface area contributed by atoms with Gasteiger partial charge in [-0.05, 0) is 12.8 Å². The third-order valence-electron chi connectivity index (χ3n) is 2.82. The minimum absolute atomic E-state index is 0.124. The van der Waals surface area contributed by atoms with Gasteiger partial charge in [0.25, 0.3) is 0 Å². The number of carbonyl (C=O) groups excluding carboxylic acids is 1. The van der Waals surface area contributed by atoms with E-state index in [0.717, 1.165) is 32.1 Å². The van der Waals surface area contributed by atoms with Crippen LogP contribution in [0.25, 0.3) is 0 Å². The molecule has 0 heterocycles. The predicted octanol–water partition coefficient (Wildman–Crippen LogP) is 2.72. The molecule has 100 valence electrons. The number of unbranched alkanes of at least 4 members (excludes halogenated alkanes) is 7. The Morgan fingerprint density at radius 2 is 1.24 bits per heavy atom. The molecule has 0 aliphatic carbocycles. The van der Waals surface area contributed by atoms with Gasteiger partial charge in [-0.3, -0.25) is 9.59 Å². The number of carbonyl (C=O) groups is 2. The van der Waals surface area contributed by atoms with E-state index in [1.807, 2.05) is 0 Å². The number of hydrogen-bond donors (Lipinski definition) is 2. The van der Waals surface area contributed by atoms with Crippen molar-refractivity contribution in [3.05, 3.63) is 0 Å². The summed E-state index contributed by atoms with van der Waals surface area (Å²) in [6.45, 7) is 0. The highest BCUT2D eigenvalue weighted by Gasteiger charge is 1.98. The normalized spacial score (nSPS) is 10.2. The predicted molar refractivity (Wildman–Crippen MR) is 67.9 cm³/mol. The van der Waals surface area contributed by atoms with E-state index in [-0.39, 0.29) is 5.91 Å². The molecule has 0 unspecified atom stereocenters. The van der Waals surface area contributed by atoms with Gasteiger partial charge < -0.3 is 10.4 Å². The maximum absolute atomic E-state index is 10.9. The maximum atomic E-state index is 10.9. The van der Waals surface area contributed by atoms with E-state index in [0.29, 0.717) is 12.8 Å².